The highest BCUT2D eigenvalue weighted by molar-refractivity contribution is 5.98. The van der Waals surface area contributed by atoms with Gasteiger partial charge in [0.2, 0.25) is 0 Å². The van der Waals surface area contributed by atoms with Crippen LogP contribution in [0, 0.1) is 13.8 Å². The SMILES string of the molecule is Cc1nc(/N=C(\N)c2ccccc2)oc1C. The maximum Gasteiger partial charge on any atom is 0.324 e. The van der Waals surface area contributed by atoms with Gasteiger partial charge >= 0.3 is 6.01 Å². The van der Waals surface area contributed by atoms with Crippen molar-refractivity contribution in [2.24, 2.45) is 10.7 Å². The summed E-state index contributed by atoms with van der Waals surface area (Å²) in [5.74, 6) is 1.17. The number of aromatic nitrogens is 1. The van der Waals surface area contributed by atoms with Crippen molar-refractivity contribution in [3.8, 4) is 0 Å². The van der Waals surface area contributed by atoms with Crippen molar-refractivity contribution in [1.29, 1.82) is 0 Å². The van der Waals surface area contributed by atoms with Crippen molar-refractivity contribution < 1.29 is 4.42 Å². The Morgan fingerprint density at radius 1 is 1.25 bits per heavy atom. The van der Waals surface area contributed by atoms with Gasteiger partial charge < -0.3 is 10.2 Å². The number of nitrogens with zero attached hydrogens (tertiary/aromatic N) is 2. The summed E-state index contributed by atoms with van der Waals surface area (Å²) >= 11 is 0. The molecule has 0 unspecified atom stereocenters. The van der Waals surface area contributed by atoms with E-state index in [0.29, 0.717) is 11.9 Å². The highest BCUT2D eigenvalue weighted by Crippen LogP contribution is 2.16. The Balaban J connectivity index is 2.31. The molecular formula is C12H13N3O. The van der Waals surface area contributed by atoms with Crippen LogP contribution in [-0.4, -0.2) is 10.8 Å². The van der Waals surface area contributed by atoms with Crippen LogP contribution in [0.2, 0.25) is 0 Å². The van der Waals surface area contributed by atoms with Gasteiger partial charge in [0, 0.05) is 5.56 Å². The normalized spacial score (nSPS) is 11.8. The van der Waals surface area contributed by atoms with E-state index in [9.17, 15) is 0 Å². The lowest BCUT2D eigenvalue weighted by Gasteiger charge is -1.97. The van der Waals surface area contributed by atoms with Crippen molar-refractivity contribution >= 4 is 11.9 Å². The summed E-state index contributed by atoms with van der Waals surface area (Å²) in [6, 6.07) is 9.82. The topological polar surface area (TPSA) is 64.4 Å². The molecule has 0 radical (unpaired) electrons. The van der Waals surface area contributed by atoms with Crippen molar-refractivity contribution in [2.45, 2.75) is 13.8 Å². The highest BCUT2D eigenvalue weighted by atomic mass is 16.4. The number of hydrogen-bond acceptors (Lipinski definition) is 3. The first kappa shape index (κ1) is 10.4. The Kier molecular flexibility index (Phi) is 2.72. The number of oxazole rings is 1. The third kappa shape index (κ3) is 2.11. The summed E-state index contributed by atoms with van der Waals surface area (Å²) in [4.78, 5) is 8.27. The molecule has 1 aromatic heterocycles. The standard InChI is InChI=1S/C12H13N3O/c1-8-9(2)16-12(14-8)15-11(13)10-6-4-3-5-7-10/h3-7H,1-2H3,(H2,13,14,15). The molecule has 1 heterocycles. The average molecular weight is 215 g/mol. The molecule has 0 atom stereocenters. The van der Waals surface area contributed by atoms with Gasteiger partial charge in [0.15, 0.2) is 0 Å². The van der Waals surface area contributed by atoms with Crippen LogP contribution >= 0.6 is 0 Å². The highest BCUT2D eigenvalue weighted by Gasteiger charge is 2.05. The maximum absolute atomic E-state index is 5.84. The van der Waals surface area contributed by atoms with E-state index in [4.69, 9.17) is 10.2 Å². The molecule has 1 aromatic carbocycles. The van der Waals surface area contributed by atoms with Gasteiger partial charge in [-0.05, 0) is 13.8 Å². The third-order valence-corrected chi connectivity index (χ3v) is 2.30. The number of nitrogens with two attached hydrogens (primary N) is 1. The zero-order chi connectivity index (χ0) is 11.5. The van der Waals surface area contributed by atoms with Gasteiger partial charge in [-0.3, -0.25) is 0 Å². The second-order valence-electron chi connectivity index (χ2n) is 3.50. The minimum atomic E-state index is 0.302. The molecule has 82 valence electrons. The molecule has 2 aromatic rings. The van der Waals surface area contributed by atoms with Crippen molar-refractivity contribution in [2.75, 3.05) is 0 Å². The van der Waals surface area contributed by atoms with Crippen LogP contribution in [0.3, 0.4) is 0 Å². The van der Waals surface area contributed by atoms with E-state index in [-0.39, 0.29) is 0 Å². The molecule has 0 saturated heterocycles. The van der Waals surface area contributed by atoms with E-state index in [1.54, 1.807) is 0 Å². The zero-order valence-electron chi connectivity index (χ0n) is 9.27. The number of benzene rings is 1. The van der Waals surface area contributed by atoms with Gasteiger partial charge in [-0.1, -0.05) is 30.3 Å². The van der Waals surface area contributed by atoms with E-state index in [0.717, 1.165) is 17.0 Å². The number of amidine groups is 1. The summed E-state index contributed by atoms with van der Waals surface area (Å²) in [6.07, 6.45) is 0. The van der Waals surface area contributed by atoms with Crippen LogP contribution in [0.4, 0.5) is 6.01 Å². The summed E-state index contributed by atoms with van der Waals surface area (Å²) < 4.78 is 5.33. The van der Waals surface area contributed by atoms with Gasteiger partial charge in [-0.25, -0.2) is 0 Å². The molecule has 2 N–H and O–H groups in total. The van der Waals surface area contributed by atoms with Gasteiger partial charge in [0.25, 0.3) is 0 Å². The van der Waals surface area contributed by atoms with E-state index in [2.05, 4.69) is 9.98 Å². The molecule has 0 saturated carbocycles. The minimum absolute atomic E-state index is 0.302. The molecule has 0 aliphatic rings. The fourth-order valence-electron chi connectivity index (χ4n) is 1.28. The lowest BCUT2D eigenvalue weighted by atomic mass is 10.2. The van der Waals surface area contributed by atoms with Crippen LogP contribution in [0.25, 0.3) is 0 Å². The second-order valence-corrected chi connectivity index (χ2v) is 3.50. The fourth-order valence-corrected chi connectivity index (χ4v) is 1.28. The van der Waals surface area contributed by atoms with Gasteiger partial charge in [0.1, 0.15) is 11.6 Å². The van der Waals surface area contributed by atoms with Crippen molar-refractivity contribution in [3.05, 3.63) is 47.3 Å². The monoisotopic (exact) mass is 215 g/mol. The lowest BCUT2D eigenvalue weighted by Crippen LogP contribution is -2.12. The lowest BCUT2D eigenvalue weighted by molar-refractivity contribution is 0.537. The zero-order valence-corrected chi connectivity index (χ0v) is 9.27. The third-order valence-electron chi connectivity index (χ3n) is 2.30. The molecule has 0 aliphatic heterocycles. The number of aliphatic imine (C=N–C) groups is 1. The van der Waals surface area contributed by atoms with Crippen molar-refractivity contribution in [1.82, 2.24) is 4.98 Å². The van der Waals surface area contributed by atoms with Gasteiger partial charge in [-0.2, -0.15) is 9.98 Å². The molecule has 4 heteroatoms. The summed E-state index contributed by atoms with van der Waals surface area (Å²) in [6.45, 7) is 3.72. The van der Waals surface area contributed by atoms with E-state index < -0.39 is 0 Å². The Morgan fingerprint density at radius 3 is 2.50 bits per heavy atom. The Labute approximate surface area is 93.8 Å². The predicted octanol–water partition coefficient (Wildman–Crippen LogP) is 2.33. The molecule has 16 heavy (non-hydrogen) atoms. The Hall–Kier alpha value is -2.10. The van der Waals surface area contributed by atoms with Crippen molar-refractivity contribution in [3.63, 3.8) is 0 Å². The molecule has 0 amide bonds. The number of aryl methyl sites for hydroxylation is 2. The molecule has 0 fully saturated rings. The predicted molar refractivity (Wildman–Crippen MR) is 62.8 cm³/mol. The second kappa shape index (κ2) is 4.18. The maximum atomic E-state index is 5.84. The molecular weight excluding hydrogens is 202 g/mol. The molecule has 0 spiro atoms. The van der Waals surface area contributed by atoms with Gasteiger partial charge in [-0.15, -0.1) is 0 Å². The first-order valence-electron chi connectivity index (χ1n) is 5.00. The molecule has 4 nitrogen and oxygen atoms in total. The Morgan fingerprint density at radius 2 is 1.94 bits per heavy atom. The van der Waals surface area contributed by atoms with Crippen LogP contribution in [0.5, 0.6) is 0 Å². The fraction of sp³-hybridized carbons (Fsp3) is 0.167. The van der Waals surface area contributed by atoms with Crippen LogP contribution in [-0.2, 0) is 0 Å². The molecule has 0 bridgehead atoms. The van der Waals surface area contributed by atoms with Crippen LogP contribution < -0.4 is 5.73 Å². The molecule has 2 rings (SSSR count). The largest absolute Gasteiger partial charge is 0.427 e. The quantitative estimate of drug-likeness (QED) is 0.617. The van der Waals surface area contributed by atoms with Crippen LogP contribution in [0.15, 0.2) is 39.7 Å². The van der Waals surface area contributed by atoms with Gasteiger partial charge in [0.05, 0.1) is 5.69 Å². The van der Waals surface area contributed by atoms with Crippen LogP contribution in [0.1, 0.15) is 17.0 Å². The number of hydrogen-bond donors (Lipinski definition) is 1. The van der Waals surface area contributed by atoms with E-state index >= 15 is 0 Å². The van der Waals surface area contributed by atoms with E-state index in [1.807, 2.05) is 44.2 Å². The van der Waals surface area contributed by atoms with E-state index in [1.165, 1.54) is 0 Å². The molecule has 0 aliphatic carbocycles. The first-order chi connectivity index (χ1) is 7.66. The minimum Gasteiger partial charge on any atom is -0.427 e. The summed E-state index contributed by atoms with van der Waals surface area (Å²) in [5, 5.41) is 0. The average Bonchev–Trinajstić information content (AvgIpc) is 2.59. The summed E-state index contributed by atoms with van der Waals surface area (Å²) in [7, 11) is 0. The Bertz CT molecular complexity index is 495. The smallest absolute Gasteiger partial charge is 0.324 e. The number of rotatable bonds is 2. The summed E-state index contributed by atoms with van der Waals surface area (Å²) in [5.41, 5.74) is 7.53. The first-order valence-corrected chi connectivity index (χ1v) is 5.00.